The van der Waals surface area contributed by atoms with Crippen LogP contribution >= 0.6 is 15.9 Å². The predicted octanol–water partition coefficient (Wildman–Crippen LogP) is 4.15. The Morgan fingerprint density at radius 3 is 2.75 bits per heavy atom. The Kier molecular flexibility index (Phi) is 3.30. The first-order valence-corrected chi connectivity index (χ1v) is 8.70. The lowest BCUT2D eigenvalue weighted by Gasteiger charge is -2.52. The van der Waals surface area contributed by atoms with Gasteiger partial charge < -0.3 is 4.74 Å². The molecule has 2 nitrogen and oxygen atoms in total. The molecule has 4 rings (SSSR count). The van der Waals surface area contributed by atoms with Gasteiger partial charge in [-0.1, -0.05) is 35.2 Å². The van der Waals surface area contributed by atoms with Crippen LogP contribution in [0.15, 0.2) is 16.6 Å². The molecule has 20 heavy (non-hydrogen) atoms. The summed E-state index contributed by atoms with van der Waals surface area (Å²) in [4.78, 5) is 2.61. The van der Waals surface area contributed by atoms with Gasteiger partial charge >= 0.3 is 0 Å². The summed E-state index contributed by atoms with van der Waals surface area (Å²) < 4.78 is 7.04. The zero-order valence-corrected chi connectivity index (χ0v) is 13.5. The van der Waals surface area contributed by atoms with Crippen molar-refractivity contribution < 1.29 is 4.74 Å². The van der Waals surface area contributed by atoms with Gasteiger partial charge in [-0.3, -0.25) is 4.90 Å². The fraction of sp³-hybridized carbons (Fsp3) is 0.647. The Hall–Kier alpha value is -0.540. The van der Waals surface area contributed by atoms with E-state index in [0.717, 1.165) is 25.3 Å². The Labute approximate surface area is 129 Å². The Morgan fingerprint density at radius 2 is 1.95 bits per heavy atom. The third-order valence-electron chi connectivity index (χ3n) is 5.25. The van der Waals surface area contributed by atoms with Gasteiger partial charge in [0, 0.05) is 36.1 Å². The Bertz CT molecular complexity index is 514. The summed E-state index contributed by atoms with van der Waals surface area (Å²) in [6.07, 6.45) is 8.32. The smallest absolute Gasteiger partial charge is 0.127 e. The van der Waals surface area contributed by atoms with Crippen molar-refractivity contribution >= 4 is 15.9 Å². The van der Waals surface area contributed by atoms with Crippen molar-refractivity contribution in [1.82, 2.24) is 4.90 Å². The van der Waals surface area contributed by atoms with E-state index in [2.05, 4.69) is 33.0 Å². The molecule has 0 unspecified atom stereocenters. The van der Waals surface area contributed by atoms with Gasteiger partial charge in [-0.25, -0.2) is 0 Å². The number of benzene rings is 1. The van der Waals surface area contributed by atoms with Gasteiger partial charge in [0.05, 0.1) is 6.61 Å². The van der Waals surface area contributed by atoms with E-state index in [1.807, 2.05) is 0 Å². The molecule has 0 bridgehead atoms. The summed E-state index contributed by atoms with van der Waals surface area (Å²) >= 11 is 3.64. The second-order valence-electron chi connectivity index (χ2n) is 6.86. The summed E-state index contributed by atoms with van der Waals surface area (Å²) in [5.41, 5.74) is 3.42. The molecule has 2 heterocycles. The standard InChI is InChI=1S/C17H22BrNO/c18-15-8-13-4-7-20-16(13)14(9-15)10-19-11-17(12-19)5-2-1-3-6-17/h8-9H,1-7,10-12H2. The van der Waals surface area contributed by atoms with E-state index in [9.17, 15) is 0 Å². The van der Waals surface area contributed by atoms with Gasteiger partial charge in [-0.2, -0.15) is 0 Å². The molecule has 1 aromatic rings. The van der Waals surface area contributed by atoms with Gasteiger partial charge in [-0.15, -0.1) is 0 Å². The minimum absolute atomic E-state index is 0.675. The number of fused-ring (bicyclic) bond motifs is 1. The minimum Gasteiger partial charge on any atom is -0.493 e. The lowest BCUT2D eigenvalue weighted by Crippen LogP contribution is -2.56. The molecule has 1 aliphatic carbocycles. The number of rotatable bonds is 2. The number of likely N-dealkylation sites (tertiary alicyclic amines) is 1. The fourth-order valence-electron chi connectivity index (χ4n) is 4.34. The van der Waals surface area contributed by atoms with Gasteiger partial charge in [0.1, 0.15) is 5.75 Å². The third-order valence-corrected chi connectivity index (χ3v) is 5.71. The highest BCUT2D eigenvalue weighted by Gasteiger charge is 2.43. The predicted molar refractivity (Wildman–Crippen MR) is 84.1 cm³/mol. The molecule has 1 saturated carbocycles. The molecule has 3 aliphatic rings. The first kappa shape index (κ1) is 13.1. The number of nitrogens with zero attached hydrogens (tertiary/aromatic N) is 1. The van der Waals surface area contributed by atoms with E-state index in [0.29, 0.717) is 5.41 Å². The van der Waals surface area contributed by atoms with Gasteiger partial charge in [-0.05, 0) is 36.0 Å². The van der Waals surface area contributed by atoms with Gasteiger partial charge in [0.25, 0.3) is 0 Å². The Balaban J connectivity index is 1.46. The van der Waals surface area contributed by atoms with Crippen molar-refractivity contribution in [3.05, 3.63) is 27.7 Å². The Morgan fingerprint density at radius 1 is 1.15 bits per heavy atom. The maximum atomic E-state index is 5.84. The third kappa shape index (κ3) is 2.29. The van der Waals surface area contributed by atoms with Crippen LogP contribution in [0.1, 0.15) is 43.2 Å². The van der Waals surface area contributed by atoms with Crippen molar-refractivity contribution in [3.8, 4) is 5.75 Å². The fourth-order valence-corrected chi connectivity index (χ4v) is 4.89. The number of hydrogen-bond acceptors (Lipinski definition) is 2. The first-order valence-electron chi connectivity index (χ1n) is 7.91. The molecule has 0 atom stereocenters. The van der Waals surface area contributed by atoms with Gasteiger partial charge in [0.2, 0.25) is 0 Å². The number of hydrogen-bond donors (Lipinski definition) is 0. The summed E-state index contributed by atoms with van der Waals surface area (Å²) in [6.45, 7) is 4.51. The molecule has 0 amide bonds. The largest absolute Gasteiger partial charge is 0.493 e. The van der Waals surface area contributed by atoms with Crippen molar-refractivity contribution in [2.24, 2.45) is 5.41 Å². The maximum Gasteiger partial charge on any atom is 0.127 e. The topological polar surface area (TPSA) is 12.5 Å². The minimum atomic E-state index is 0.675. The average molecular weight is 336 g/mol. The molecule has 0 radical (unpaired) electrons. The molecule has 2 fully saturated rings. The van der Waals surface area contributed by atoms with E-state index in [-0.39, 0.29) is 0 Å². The molecule has 108 valence electrons. The molecule has 0 aromatic heterocycles. The van der Waals surface area contributed by atoms with Crippen LogP contribution in [0.3, 0.4) is 0 Å². The molecule has 1 saturated heterocycles. The number of halogens is 1. The lowest BCUT2D eigenvalue weighted by atomic mass is 9.68. The SMILES string of the molecule is Brc1cc2c(c(CN3CC4(CCCCC4)C3)c1)OCC2. The van der Waals surface area contributed by atoms with E-state index in [4.69, 9.17) is 4.74 Å². The van der Waals surface area contributed by atoms with Crippen molar-refractivity contribution in [1.29, 1.82) is 0 Å². The van der Waals surface area contributed by atoms with Crippen LogP contribution in [0.2, 0.25) is 0 Å². The van der Waals surface area contributed by atoms with Crippen LogP contribution in [0.4, 0.5) is 0 Å². The lowest BCUT2D eigenvalue weighted by molar-refractivity contribution is -0.0335. The highest BCUT2D eigenvalue weighted by molar-refractivity contribution is 9.10. The summed E-state index contributed by atoms with van der Waals surface area (Å²) in [5, 5.41) is 0. The molecule has 2 aliphatic heterocycles. The van der Waals surface area contributed by atoms with Gasteiger partial charge in [0.15, 0.2) is 0 Å². The normalized spacial score (nSPS) is 24.2. The second-order valence-corrected chi connectivity index (χ2v) is 7.77. The van der Waals surface area contributed by atoms with E-state index in [1.165, 1.54) is 60.8 Å². The molecule has 0 N–H and O–H groups in total. The van der Waals surface area contributed by atoms with Crippen LogP contribution in [0, 0.1) is 5.41 Å². The highest BCUT2D eigenvalue weighted by Crippen LogP contribution is 2.45. The van der Waals surface area contributed by atoms with Crippen molar-refractivity contribution in [2.75, 3.05) is 19.7 Å². The van der Waals surface area contributed by atoms with Crippen LogP contribution in [0.25, 0.3) is 0 Å². The van der Waals surface area contributed by atoms with Crippen LogP contribution in [0.5, 0.6) is 5.75 Å². The van der Waals surface area contributed by atoms with Crippen LogP contribution in [-0.2, 0) is 13.0 Å². The molecule has 1 aromatic carbocycles. The molecule has 1 spiro atoms. The summed E-state index contributed by atoms with van der Waals surface area (Å²) in [7, 11) is 0. The number of ether oxygens (including phenoxy) is 1. The monoisotopic (exact) mass is 335 g/mol. The van der Waals surface area contributed by atoms with Crippen LogP contribution < -0.4 is 4.74 Å². The van der Waals surface area contributed by atoms with Crippen molar-refractivity contribution in [2.45, 2.75) is 45.1 Å². The summed E-state index contributed by atoms with van der Waals surface area (Å²) in [5.74, 6) is 1.16. The zero-order chi connectivity index (χ0) is 13.6. The average Bonchev–Trinajstić information content (AvgIpc) is 2.86. The second kappa shape index (κ2) is 5.03. The quantitative estimate of drug-likeness (QED) is 0.804. The highest BCUT2D eigenvalue weighted by atomic mass is 79.9. The van der Waals surface area contributed by atoms with Crippen LogP contribution in [-0.4, -0.2) is 24.6 Å². The molecule has 3 heteroatoms. The van der Waals surface area contributed by atoms with E-state index in [1.54, 1.807) is 0 Å². The first-order chi connectivity index (χ1) is 9.74. The molecular weight excluding hydrogens is 314 g/mol. The van der Waals surface area contributed by atoms with Crippen molar-refractivity contribution in [3.63, 3.8) is 0 Å². The summed E-state index contributed by atoms with van der Waals surface area (Å²) in [6, 6.07) is 4.46. The zero-order valence-electron chi connectivity index (χ0n) is 12.0. The van der Waals surface area contributed by atoms with E-state index >= 15 is 0 Å². The maximum absolute atomic E-state index is 5.84. The molecular formula is C17H22BrNO. The van der Waals surface area contributed by atoms with E-state index < -0.39 is 0 Å².